The van der Waals surface area contributed by atoms with Gasteiger partial charge >= 0.3 is 0 Å². The van der Waals surface area contributed by atoms with Crippen molar-refractivity contribution >= 4 is 49.6 Å². The van der Waals surface area contributed by atoms with E-state index in [0.717, 1.165) is 17.1 Å². The minimum Gasteiger partial charge on any atom is -0.310 e. The highest BCUT2D eigenvalue weighted by Gasteiger charge is 2.41. The molecular weight excluding hydrogens is 749 g/mol. The molecule has 0 fully saturated rings. The zero-order valence-corrected chi connectivity index (χ0v) is 34.4. The van der Waals surface area contributed by atoms with E-state index in [-0.39, 0.29) is 5.41 Å². The fourth-order valence-corrected chi connectivity index (χ4v) is 10.2. The van der Waals surface area contributed by atoms with Gasteiger partial charge in [-0.1, -0.05) is 170 Å². The lowest BCUT2D eigenvalue weighted by Crippen LogP contribution is -2.22. The Balaban J connectivity index is 0.901. The number of anilines is 3. The maximum Gasteiger partial charge on any atom is 0.0547 e. The third kappa shape index (κ3) is 5.65. The Morgan fingerprint density at radius 2 is 0.919 bits per heavy atom. The van der Waals surface area contributed by atoms with E-state index in [9.17, 15) is 0 Å². The van der Waals surface area contributed by atoms with E-state index in [1.54, 1.807) is 0 Å². The van der Waals surface area contributed by atoms with Crippen LogP contribution in [-0.2, 0) is 5.41 Å². The SMILES string of the molecule is CC1(c2ccccc2)c2ccccc2-c2ccc(N(c3ccccc3)c3ccc(-c4ccc(-c5ccc6c(c5)c5c7ccccc7ccc5n6-c5ccccc5)cc4)cc3)cc21. The summed E-state index contributed by atoms with van der Waals surface area (Å²) < 4.78 is 2.40. The fourth-order valence-electron chi connectivity index (χ4n) is 10.2. The first kappa shape index (κ1) is 36.0. The van der Waals surface area contributed by atoms with Gasteiger partial charge in [0, 0.05) is 38.9 Å². The largest absolute Gasteiger partial charge is 0.310 e. The summed E-state index contributed by atoms with van der Waals surface area (Å²) >= 11 is 0. The number of aromatic nitrogens is 1. The molecule has 1 unspecified atom stereocenters. The fraction of sp³-hybridized carbons (Fsp3) is 0.0333. The van der Waals surface area contributed by atoms with Gasteiger partial charge in [-0.25, -0.2) is 0 Å². The summed E-state index contributed by atoms with van der Waals surface area (Å²) in [5.41, 5.74) is 18.1. The maximum absolute atomic E-state index is 2.42. The molecule has 0 saturated heterocycles. The lowest BCUT2D eigenvalue weighted by atomic mass is 9.74. The monoisotopic (exact) mass is 790 g/mol. The smallest absolute Gasteiger partial charge is 0.0547 e. The van der Waals surface area contributed by atoms with Gasteiger partial charge in [0.25, 0.3) is 0 Å². The highest BCUT2D eigenvalue weighted by Crippen LogP contribution is 2.54. The van der Waals surface area contributed by atoms with Crippen molar-refractivity contribution in [1.82, 2.24) is 4.57 Å². The molecule has 0 amide bonds. The van der Waals surface area contributed by atoms with E-state index < -0.39 is 0 Å². The second-order valence-electron chi connectivity index (χ2n) is 16.6. The molecule has 62 heavy (non-hydrogen) atoms. The van der Waals surface area contributed by atoms with Gasteiger partial charge in [0.1, 0.15) is 0 Å². The van der Waals surface area contributed by atoms with E-state index in [1.807, 2.05) is 0 Å². The van der Waals surface area contributed by atoms with E-state index in [4.69, 9.17) is 0 Å². The van der Waals surface area contributed by atoms with Gasteiger partial charge in [0.15, 0.2) is 0 Å². The van der Waals surface area contributed by atoms with Gasteiger partial charge in [-0.15, -0.1) is 0 Å². The number of benzene rings is 10. The predicted molar refractivity (Wildman–Crippen MR) is 261 cm³/mol. The van der Waals surface area contributed by atoms with Crippen LogP contribution in [0.2, 0.25) is 0 Å². The van der Waals surface area contributed by atoms with Crippen molar-refractivity contribution in [3.63, 3.8) is 0 Å². The minimum atomic E-state index is -0.275. The molecule has 2 nitrogen and oxygen atoms in total. The number of para-hydroxylation sites is 2. The van der Waals surface area contributed by atoms with Crippen molar-refractivity contribution in [2.45, 2.75) is 12.3 Å². The average molecular weight is 791 g/mol. The van der Waals surface area contributed by atoms with Crippen LogP contribution in [0.1, 0.15) is 23.6 Å². The van der Waals surface area contributed by atoms with Crippen LogP contribution in [0.3, 0.4) is 0 Å². The lowest BCUT2D eigenvalue weighted by Gasteiger charge is -2.31. The van der Waals surface area contributed by atoms with Crippen LogP contribution in [0, 0.1) is 0 Å². The van der Waals surface area contributed by atoms with Crippen molar-refractivity contribution in [3.05, 3.63) is 253 Å². The Kier molecular flexibility index (Phi) is 8.33. The average Bonchev–Trinajstić information content (AvgIpc) is 3.82. The first-order valence-electron chi connectivity index (χ1n) is 21.5. The van der Waals surface area contributed by atoms with Gasteiger partial charge in [0.2, 0.25) is 0 Å². The molecule has 11 aromatic rings. The molecular formula is C60H42N2. The molecule has 1 aromatic heterocycles. The summed E-state index contributed by atoms with van der Waals surface area (Å²) in [4.78, 5) is 2.38. The van der Waals surface area contributed by atoms with Crippen LogP contribution in [0.25, 0.3) is 71.6 Å². The molecule has 0 spiro atoms. The van der Waals surface area contributed by atoms with Crippen LogP contribution in [-0.4, -0.2) is 4.57 Å². The Hall–Kier alpha value is -7.94. The van der Waals surface area contributed by atoms with Crippen LogP contribution in [0.15, 0.2) is 237 Å². The third-order valence-corrected chi connectivity index (χ3v) is 13.3. The van der Waals surface area contributed by atoms with Crippen LogP contribution in [0.5, 0.6) is 0 Å². The highest BCUT2D eigenvalue weighted by atomic mass is 15.1. The standard InChI is InChI=1S/C60H42N2/c1-60(46-16-5-2-6-17-46)55-24-14-13-23-52(55)53-36-35-50(40-56(53)60)61(47-18-7-3-8-19-47)49-33-29-42(30-34-49)41-25-27-43(28-26-41)45-32-37-57-54(39-45)59-51-22-12-11-15-44(51)31-38-58(59)62(57)48-20-9-4-10-21-48/h2-40H,1H3. The lowest BCUT2D eigenvalue weighted by molar-refractivity contribution is 0.714. The number of nitrogens with zero attached hydrogens (tertiary/aromatic N) is 2. The van der Waals surface area contributed by atoms with Gasteiger partial charge in [-0.3, -0.25) is 0 Å². The quantitative estimate of drug-likeness (QED) is 0.156. The first-order valence-corrected chi connectivity index (χ1v) is 21.5. The molecule has 0 N–H and O–H groups in total. The van der Waals surface area contributed by atoms with Crippen molar-refractivity contribution in [2.75, 3.05) is 4.90 Å². The van der Waals surface area contributed by atoms with Crippen molar-refractivity contribution in [1.29, 1.82) is 0 Å². The van der Waals surface area contributed by atoms with Gasteiger partial charge < -0.3 is 9.47 Å². The van der Waals surface area contributed by atoms with Gasteiger partial charge in [-0.2, -0.15) is 0 Å². The Labute approximate surface area is 362 Å². The molecule has 292 valence electrons. The minimum absolute atomic E-state index is 0.275. The van der Waals surface area contributed by atoms with E-state index in [1.165, 1.54) is 88.3 Å². The topological polar surface area (TPSA) is 8.17 Å². The summed E-state index contributed by atoms with van der Waals surface area (Å²) in [7, 11) is 0. The maximum atomic E-state index is 2.42. The second kappa shape index (κ2) is 14.4. The summed E-state index contributed by atoms with van der Waals surface area (Å²) in [6, 6.07) is 86.6. The van der Waals surface area contributed by atoms with Crippen molar-refractivity contribution in [2.24, 2.45) is 0 Å². The molecule has 10 aromatic carbocycles. The second-order valence-corrected chi connectivity index (χ2v) is 16.6. The molecule has 1 aliphatic carbocycles. The third-order valence-electron chi connectivity index (χ3n) is 13.3. The molecule has 2 heteroatoms. The zero-order chi connectivity index (χ0) is 41.2. The molecule has 0 saturated carbocycles. The van der Waals surface area contributed by atoms with E-state index in [2.05, 4.69) is 253 Å². The van der Waals surface area contributed by atoms with Crippen molar-refractivity contribution in [3.8, 4) is 39.1 Å². The van der Waals surface area contributed by atoms with Crippen LogP contribution >= 0.6 is 0 Å². The molecule has 0 bridgehead atoms. The molecule has 12 rings (SSSR count). The molecule has 0 radical (unpaired) electrons. The van der Waals surface area contributed by atoms with Gasteiger partial charge in [0.05, 0.1) is 11.0 Å². The Morgan fingerprint density at radius 3 is 1.68 bits per heavy atom. The zero-order valence-electron chi connectivity index (χ0n) is 34.4. The van der Waals surface area contributed by atoms with Crippen molar-refractivity contribution < 1.29 is 0 Å². The molecule has 0 aliphatic heterocycles. The summed E-state index contributed by atoms with van der Waals surface area (Å²) in [6.45, 7) is 2.38. The van der Waals surface area contributed by atoms with E-state index >= 15 is 0 Å². The number of hydrogen-bond acceptors (Lipinski definition) is 1. The predicted octanol–water partition coefficient (Wildman–Crippen LogP) is 16.1. The number of hydrogen-bond donors (Lipinski definition) is 0. The summed E-state index contributed by atoms with van der Waals surface area (Å²) in [6.07, 6.45) is 0. The summed E-state index contributed by atoms with van der Waals surface area (Å²) in [5, 5.41) is 5.08. The van der Waals surface area contributed by atoms with Crippen LogP contribution < -0.4 is 4.90 Å². The number of fused-ring (bicyclic) bond motifs is 8. The first-order chi connectivity index (χ1) is 30.6. The Morgan fingerprint density at radius 1 is 0.371 bits per heavy atom. The summed E-state index contributed by atoms with van der Waals surface area (Å²) in [5.74, 6) is 0. The molecule has 1 aliphatic rings. The molecule has 1 atom stereocenters. The Bertz CT molecular complexity index is 3440. The number of rotatable bonds is 7. The molecule has 1 heterocycles. The van der Waals surface area contributed by atoms with Crippen LogP contribution in [0.4, 0.5) is 17.1 Å². The van der Waals surface area contributed by atoms with E-state index in [0.29, 0.717) is 0 Å². The highest BCUT2D eigenvalue weighted by molar-refractivity contribution is 6.22. The van der Waals surface area contributed by atoms with Gasteiger partial charge in [-0.05, 0) is 134 Å². The normalized spacial score (nSPS) is 14.3.